The summed E-state index contributed by atoms with van der Waals surface area (Å²) in [6.07, 6.45) is 0.477. The van der Waals surface area contributed by atoms with Crippen molar-refractivity contribution in [3.63, 3.8) is 0 Å². The summed E-state index contributed by atoms with van der Waals surface area (Å²) in [5.74, 6) is -0.790. The summed E-state index contributed by atoms with van der Waals surface area (Å²) < 4.78 is 0. The number of rotatable bonds is 4. The molecule has 0 amide bonds. The van der Waals surface area contributed by atoms with Crippen molar-refractivity contribution >= 4 is 23.3 Å². The number of nitrogens with zero attached hydrogens (tertiary/aromatic N) is 2. The second-order valence-electron chi connectivity index (χ2n) is 6.44. The van der Waals surface area contributed by atoms with Gasteiger partial charge in [0.25, 0.3) is 0 Å². The van der Waals surface area contributed by atoms with Gasteiger partial charge in [-0.05, 0) is 45.0 Å². The second-order valence-corrected chi connectivity index (χ2v) is 6.85. The molecule has 1 aromatic rings. The van der Waals surface area contributed by atoms with Crippen LogP contribution in [0.5, 0.6) is 0 Å². The van der Waals surface area contributed by atoms with Gasteiger partial charge in [0.05, 0.1) is 16.1 Å². The zero-order valence-electron chi connectivity index (χ0n) is 12.9. The molecule has 0 saturated carbocycles. The Labute approximate surface area is 131 Å². The summed E-state index contributed by atoms with van der Waals surface area (Å²) in [5, 5.41) is 9.92. The third-order valence-electron chi connectivity index (χ3n) is 4.08. The van der Waals surface area contributed by atoms with E-state index >= 15 is 0 Å². The Morgan fingerprint density at radius 3 is 2.43 bits per heavy atom. The lowest BCUT2D eigenvalue weighted by atomic mass is 9.86. The van der Waals surface area contributed by atoms with Crippen LogP contribution in [0.25, 0.3) is 0 Å². The van der Waals surface area contributed by atoms with Crippen molar-refractivity contribution in [1.82, 2.24) is 4.90 Å². The van der Waals surface area contributed by atoms with Gasteiger partial charge >= 0.3 is 5.97 Å². The molecule has 1 N–H and O–H groups in total. The van der Waals surface area contributed by atoms with Crippen molar-refractivity contribution in [2.75, 3.05) is 38.1 Å². The Kier molecular flexibility index (Phi) is 4.79. The maximum absolute atomic E-state index is 11.2. The van der Waals surface area contributed by atoms with Crippen LogP contribution in [0.4, 0.5) is 5.69 Å². The lowest BCUT2D eigenvalue weighted by molar-refractivity contribution is -0.146. The van der Waals surface area contributed by atoms with Crippen LogP contribution >= 0.6 is 11.6 Å². The number of anilines is 1. The number of carboxylic acids is 1. The van der Waals surface area contributed by atoms with Gasteiger partial charge in [-0.25, -0.2) is 0 Å². The number of halogens is 1. The highest BCUT2D eigenvalue weighted by molar-refractivity contribution is 6.33. The maximum atomic E-state index is 11.2. The smallest absolute Gasteiger partial charge is 0.309 e. The van der Waals surface area contributed by atoms with E-state index in [9.17, 15) is 9.90 Å². The Balaban J connectivity index is 2.12. The Hall–Kier alpha value is -1.26. The van der Waals surface area contributed by atoms with Crippen molar-refractivity contribution in [3.05, 3.63) is 28.8 Å². The Bertz CT molecular complexity index is 523. The average Bonchev–Trinajstić information content (AvgIpc) is 2.39. The summed E-state index contributed by atoms with van der Waals surface area (Å²) in [6.45, 7) is 7.47. The lowest BCUT2D eigenvalue weighted by Crippen LogP contribution is -2.44. The van der Waals surface area contributed by atoms with E-state index in [1.807, 2.05) is 18.2 Å². The molecule has 4 nitrogen and oxygen atoms in total. The van der Waals surface area contributed by atoms with Crippen LogP contribution in [0, 0.1) is 5.41 Å². The molecule has 0 radical (unpaired) electrons. The van der Waals surface area contributed by atoms with Gasteiger partial charge in [0.1, 0.15) is 0 Å². The maximum Gasteiger partial charge on any atom is 0.309 e. The number of likely N-dealkylation sites (N-methyl/N-ethyl adjacent to an activating group) is 1. The Morgan fingerprint density at radius 1 is 1.29 bits per heavy atom. The van der Waals surface area contributed by atoms with E-state index < -0.39 is 11.4 Å². The fourth-order valence-electron chi connectivity index (χ4n) is 2.55. The largest absolute Gasteiger partial charge is 0.481 e. The third kappa shape index (κ3) is 3.89. The summed E-state index contributed by atoms with van der Waals surface area (Å²) in [6, 6.07) is 5.91. The van der Waals surface area contributed by atoms with Crippen LogP contribution in [0.2, 0.25) is 5.02 Å². The van der Waals surface area contributed by atoms with Gasteiger partial charge in [-0.2, -0.15) is 0 Å². The monoisotopic (exact) mass is 310 g/mol. The van der Waals surface area contributed by atoms with E-state index in [0.29, 0.717) is 11.4 Å². The molecule has 0 atom stereocenters. The molecule has 0 bridgehead atoms. The molecule has 21 heavy (non-hydrogen) atoms. The van der Waals surface area contributed by atoms with Crippen molar-refractivity contribution in [1.29, 1.82) is 0 Å². The molecular formula is C16H23ClN2O2. The zero-order valence-corrected chi connectivity index (χ0v) is 13.7. The van der Waals surface area contributed by atoms with E-state index in [4.69, 9.17) is 11.6 Å². The molecule has 1 heterocycles. The molecule has 0 aromatic heterocycles. The lowest BCUT2D eigenvalue weighted by Gasteiger charge is -2.34. The van der Waals surface area contributed by atoms with Gasteiger partial charge in [-0.1, -0.05) is 17.7 Å². The highest BCUT2D eigenvalue weighted by Crippen LogP contribution is 2.30. The van der Waals surface area contributed by atoms with Crippen molar-refractivity contribution in [2.24, 2.45) is 5.41 Å². The molecule has 2 rings (SSSR count). The number of benzene rings is 1. The first-order valence-corrected chi connectivity index (χ1v) is 7.63. The van der Waals surface area contributed by atoms with Crippen LogP contribution in [-0.4, -0.2) is 49.2 Å². The molecule has 0 aliphatic carbocycles. The van der Waals surface area contributed by atoms with Crippen molar-refractivity contribution in [3.8, 4) is 0 Å². The van der Waals surface area contributed by atoms with E-state index in [-0.39, 0.29) is 0 Å². The molecule has 1 fully saturated rings. The minimum absolute atomic E-state index is 0.477. The van der Waals surface area contributed by atoms with Crippen molar-refractivity contribution < 1.29 is 9.90 Å². The molecule has 1 aromatic carbocycles. The number of carboxylic acid groups (broad SMARTS) is 1. The van der Waals surface area contributed by atoms with Crippen molar-refractivity contribution in [2.45, 2.75) is 20.3 Å². The fraction of sp³-hybridized carbons (Fsp3) is 0.562. The molecule has 5 heteroatoms. The number of carbonyl (C=O) groups is 1. The zero-order chi connectivity index (χ0) is 15.6. The van der Waals surface area contributed by atoms with Crippen LogP contribution in [0.15, 0.2) is 18.2 Å². The van der Waals surface area contributed by atoms with Gasteiger partial charge in [0.2, 0.25) is 0 Å². The normalized spacial score (nSPS) is 17.0. The van der Waals surface area contributed by atoms with E-state index in [1.54, 1.807) is 13.8 Å². The highest BCUT2D eigenvalue weighted by atomic mass is 35.5. The topological polar surface area (TPSA) is 43.8 Å². The molecule has 1 aliphatic rings. The molecule has 116 valence electrons. The predicted molar refractivity (Wildman–Crippen MR) is 86.3 cm³/mol. The van der Waals surface area contributed by atoms with E-state index in [0.717, 1.165) is 37.4 Å². The van der Waals surface area contributed by atoms with Gasteiger partial charge in [-0.3, -0.25) is 4.79 Å². The third-order valence-corrected chi connectivity index (χ3v) is 4.38. The van der Waals surface area contributed by atoms with Gasteiger partial charge in [-0.15, -0.1) is 0 Å². The summed E-state index contributed by atoms with van der Waals surface area (Å²) in [4.78, 5) is 15.8. The highest BCUT2D eigenvalue weighted by Gasteiger charge is 2.27. The molecule has 0 unspecified atom stereocenters. The van der Waals surface area contributed by atoms with E-state index in [1.165, 1.54) is 0 Å². The van der Waals surface area contributed by atoms with Crippen LogP contribution in [-0.2, 0) is 11.2 Å². The number of aliphatic carboxylic acids is 1. The number of hydrogen-bond donors (Lipinski definition) is 1. The molecule has 1 saturated heterocycles. The minimum atomic E-state index is -0.790. The standard InChI is InChI=1S/C16H23ClN2O2/c1-16(2,15(20)21)11-12-4-5-14(13(17)10-12)19-8-6-18(3)7-9-19/h4-5,10H,6-9,11H2,1-3H3,(H,20,21). The van der Waals surface area contributed by atoms with Gasteiger partial charge in [0.15, 0.2) is 0 Å². The van der Waals surface area contributed by atoms with E-state index in [2.05, 4.69) is 16.8 Å². The first-order chi connectivity index (χ1) is 9.79. The quantitative estimate of drug-likeness (QED) is 0.928. The average molecular weight is 311 g/mol. The number of hydrogen-bond acceptors (Lipinski definition) is 3. The first kappa shape index (κ1) is 16.1. The molecule has 1 aliphatic heterocycles. The first-order valence-electron chi connectivity index (χ1n) is 7.25. The SMILES string of the molecule is CN1CCN(c2ccc(CC(C)(C)C(=O)O)cc2Cl)CC1. The second kappa shape index (κ2) is 6.24. The van der Waals surface area contributed by atoms with Crippen LogP contribution < -0.4 is 4.90 Å². The van der Waals surface area contributed by atoms with Gasteiger partial charge < -0.3 is 14.9 Å². The minimum Gasteiger partial charge on any atom is -0.481 e. The number of piperazine rings is 1. The van der Waals surface area contributed by atoms with Crippen LogP contribution in [0.3, 0.4) is 0 Å². The summed E-state index contributed by atoms with van der Waals surface area (Å²) in [5.41, 5.74) is 1.23. The van der Waals surface area contributed by atoms with Crippen LogP contribution in [0.1, 0.15) is 19.4 Å². The molecule has 0 spiro atoms. The fourth-order valence-corrected chi connectivity index (χ4v) is 2.87. The van der Waals surface area contributed by atoms with Gasteiger partial charge in [0, 0.05) is 26.2 Å². The summed E-state index contributed by atoms with van der Waals surface area (Å²) in [7, 11) is 2.12. The Morgan fingerprint density at radius 2 is 1.90 bits per heavy atom. The molecular weight excluding hydrogens is 288 g/mol. The summed E-state index contributed by atoms with van der Waals surface area (Å²) >= 11 is 6.40. The predicted octanol–water partition coefficient (Wildman–Crippen LogP) is 2.75.